The van der Waals surface area contributed by atoms with Gasteiger partial charge in [0.05, 0.1) is 11.3 Å². The molecule has 1 aliphatic carbocycles. The lowest BCUT2D eigenvalue weighted by molar-refractivity contribution is -0.114. The lowest BCUT2D eigenvalue weighted by atomic mass is 10.1. The molecule has 0 aromatic heterocycles. The Kier molecular flexibility index (Phi) is 2.86. The van der Waals surface area contributed by atoms with Crippen molar-refractivity contribution in [1.82, 2.24) is 0 Å². The highest BCUT2D eigenvalue weighted by Gasteiger charge is 2.37. The molecule has 1 aliphatic heterocycles. The van der Waals surface area contributed by atoms with Crippen molar-refractivity contribution in [3.8, 4) is 0 Å². The number of Topliss-reactive ketones (excluding diaryl/α,β-unsaturated/α-hetero) is 1. The molecule has 0 saturated heterocycles. The van der Waals surface area contributed by atoms with Crippen molar-refractivity contribution >= 4 is 29.0 Å². The average molecular weight is 264 g/mol. The summed E-state index contributed by atoms with van der Waals surface area (Å²) in [7, 11) is 0. The molecule has 0 N–H and O–H groups in total. The van der Waals surface area contributed by atoms with Gasteiger partial charge in [-0.15, -0.1) is 0 Å². The van der Waals surface area contributed by atoms with Crippen LogP contribution in [0.1, 0.15) is 36.0 Å². The number of halogens is 1. The predicted molar refractivity (Wildman–Crippen MR) is 70.1 cm³/mol. The Hall–Kier alpha value is -1.35. The molecule has 2 aliphatic rings. The maximum atomic E-state index is 12.0. The minimum absolute atomic E-state index is 0.403. The number of carbonyl (C=O) groups is 2. The number of benzene rings is 1. The Bertz CT molecular complexity index is 521. The van der Waals surface area contributed by atoms with Gasteiger partial charge in [-0.2, -0.15) is 0 Å². The van der Waals surface area contributed by atoms with Gasteiger partial charge in [0.1, 0.15) is 0 Å². The standard InChI is InChI=1S/C14H14ClNO2/c15-10-5-6-11-12(7-10)16(14(18)13(11)17)8-9-3-1-2-4-9/h5-7,9H,1-4,8H2. The fourth-order valence-electron chi connectivity index (χ4n) is 2.90. The highest BCUT2D eigenvalue weighted by molar-refractivity contribution is 6.52. The number of hydrogen-bond acceptors (Lipinski definition) is 2. The zero-order valence-electron chi connectivity index (χ0n) is 9.99. The molecule has 0 unspecified atom stereocenters. The average Bonchev–Trinajstić information content (AvgIpc) is 2.93. The van der Waals surface area contributed by atoms with E-state index in [0.717, 1.165) is 12.8 Å². The van der Waals surface area contributed by atoms with E-state index in [4.69, 9.17) is 11.6 Å². The van der Waals surface area contributed by atoms with Crippen LogP contribution in [0.25, 0.3) is 0 Å². The summed E-state index contributed by atoms with van der Waals surface area (Å²) in [6, 6.07) is 5.02. The highest BCUT2D eigenvalue weighted by atomic mass is 35.5. The fraction of sp³-hybridized carbons (Fsp3) is 0.429. The van der Waals surface area contributed by atoms with Gasteiger partial charge in [-0.25, -0.2) is 0 Å². The molecule has 3 nitrogen and oxygen atoms in total. The number of nitrogens with zero attached hydrogens (tertiary/aromatic N) is 1. The van der Waals surface area contributed by atoms with Crippen LogP contribution in [0.5, 0.6) is 0 Å². The van der Waals surface area contributed by atoms with E-state index >= 15 is 0 Å². The summed E-state index contributed by atoms with van der Waals surface area (Å²) < 4.78 is 0. The third-order valence-electron chi connectivity index (χ3n) is 3.85. The number of rotatable bonds is 2. The van der Waals surface area contributed by atoms with E-state index in [1.165, 1.54) is 12.8 Å². The quantitative estimate of drug-likeness (QED) is 0.769. The minimum Gasteiger partial charge on any atom is -0.304 e. The molecule has 1 aromatic rings. The molecule has 0 radical (unpaired) electrons. The van der Waals surface area contributed by atoms with Crippen LogP contribution in [-0.2, 0) is 4.79 Å². The van der Waals surface area contributed by atoms with Crippen molar-refractivity contribution in [3.05, 3.63) is 28.8 Å². The molecule has 4 heteroatoms. The second-order valence-corrected chi connectivity index (χ2v) is 5.49. The van der Waals surface area contributed by atoms with Crippen molar-refractivity contribution in [1.29, 1.82) is 0 Å². The fourth-order valence-corrected chi connectivity index (χ4v) is 3.07. The molecule has 1 aromatic carbocycles. The molecule has 0 bridgehead atoms. The van der Waals surface area contributed by atoms with Crippen molar-refractivity contribution in [2.45, 2.75) is 25.7 Å². The van der Waals surface area contributed by atoms with E-state index < -0.39 is 11.7 Å². The summed E-state index contributed by atoms with van der Waals surface area (Å²) in [5.74, 6) is -0.287. The first-order valence-electron chi connectivity index (χ1n) is 6.32. The van der Waals surface area contributed by atoms with Crippen LogP contribution in [0, 0.1) is 5.92 Å². The van der Waals surface area contributed by atoms with E-state index in [1.54, 1.807) is 23.1 Å². The zero-order chi connectivity index (χ0) is 12.7. The van der Waals surface area contributed by atoms with Gasteiger partial charge in [-0.1, -0.05) is 24.4 Å². The van der Waals surface area contributed by atoms with Crippen molar-refractivity contribution in [3.63, 3.8) is 0 Å². The summed E-state index contributed by atoms with van der Waals surface area (Å²) >= 11 is 5.95. The summed E-state index contributed by atoms with van der Waals surface area (Å²) in [5.41, 5.74) is 1.17. The number of hydrogen-bond donors (Lipinski definition) is 0. The molecular weight excluding hydrogens is 250 g/mol. The third-order valence-corrected chi connectivity index (χ3v) is 4.09. The normalized spacial score (nSPS) is 19.7. The molecule has 1 heterocycles. The molecule has 0 atom stereocenters. The maximum absolute atomic E-state index is 12.0. The van der Waals surface area contributed by atoms with Crippen LogP contribution in [0.15, 0.2) is 18.2 Å². The highest BCUT2D eigenvalue weighted by Crippen LogP contribution is 2.34. The monoisotopic (exact) mass is 263 g/mol. The first-order chi connectivity index (χ1) is 8.66. The number of fused-ring (bicyclic) bond motifs is 1. The number of anilines is 1. The van der Waals surface area contributed by atoms with Crippen molar-refractivity contribution in [2.75, 3.05) is 11.4 Å². The van der Waals surface area contributed by atoms with E-state index in [1.807, 2.05) is 0 Å². The van der Waals surface area contributed by atoms with Gasteiger partial charge in [0.25, 0.3) is 11.7 Å². The summed E-state index contributed by atoms with van der Waals surface area (Å²) in [6.45, 7) is 0.651. The molecule has 1 saturated carbocycles. The van der Waals surface area contributed by atoms with E-state index in [0.29, 0.717) is 28.7 Å². The smallest absolute Gasteiger partial charge is 0.299 e. The van der Waals surface area contributed by atoms with Crippen LogP contribution >= 0.6 is 11.6 Å². The Morgan fingerprint density at radius 2 is 1.94 bits per heavy atom. The van der Waals surface area contributed by atoms with Crippen LogP contribution in [0.2, 0.25) is 5.02 Å². The van der Waals surface area contributed by atoms with Crippen molar-refractivity contribution in [2.24, 2.45) is 5.92 Å². The molecule has 94 valence electrons. The minimum atomic E-state index is -0.404. The Morgan fingerprint density at radius 3 is 2.67 bits per heavy atom. The molecule has 1 fully saturated rings. The van der Waals surface area contributed by atoms with Gasteiger partial charge in [-0.05, 0) is 37.0 Å². The summed E-state index contributed by atoms with van der Waals surface area (Å²) in [5, 5.41) is 0.563. The molecule has 3 rings (SSSR count). The summed E-state index contributed by atoms with van der Waals surface area (Å²) in [6.07, 6.45) is 4.74. The van der Waals surface area contributed by atoms with E-state index in [-0.39, 0.29) is 0 Å². The number of carbonyl (C=O) groups excluding carboxylic acids is 2. The second kappa shape index (κ2) is 4.39. The zero-order valence-corrected chi connectivity index (χ0v) is 10.7. The predicted octanol–water partition coefficient (Wildman–Crippen LogP) is 3.06. The van der Waals surface area contributed by atoms with Crippen LogP contribution in [-0.4, -0.2) is 18.2 Å². The Morgan fingerprint density at radius 1 is 1.22 bits per heavy atom. The molecular formula is C14H14ClNO2. The Labute approximate surface area is 111 Å². The van der Waals surface area contributed by atoms with Gasteiger partial charge in [-0.3, -0.25) is 9.59 Å². The maximum Gasteiger partial charge on any atom is 0.299 e. The molecule has 18 heavy (non-hydrogen) atoms. The summed E-state index contributed by atoms with van der Waals surface area (Å²) in [4.78, 5) is 25.5. The SMILES string of the molecule is O=C1C(=O)N(CC2CCCC2)c2cc(Cl)ccc21. The van der Waals surface area contributed by atoms with Gasteiger partial charge >= 0.3 is 0 Å². The lowest BCUT2D eigenvalue weighted by Gasteiger charge is -2.20. The van der Waals surface area contributed by atoms with Crippen LogP contribution < -0.4 is 4.90 Å². The van der Waals surface area contributed by atoms with Gasteiger partial charge in [0.15, 0.2) is 0 Å². The van der Waals surface area contributed by atoms with Crippen molar-refractivity contribution < 1.29 is 9.59 Å². The van der Waals surface area contributed by atoms with Gasteiger partial charge < -0.3 is 4.90 Å². The lowest BCUT2D eigenvalue weighted by Crippen LogP contribution is -2.33. The Balaban J connectivity index is 1.93. The largest absolute Gasteiger partial charge is 0.304 e. The topological polar surface area (TPSA) is 37.4 Å². The first kappa shape index (κ1) is 11.7. The third kappa shape index (κ3) is 1.83. The van der Waals surface area contributed by atoms with E-state index in [9.17, 15) is 9.59 Å². The first-order valence-corrected chi connectivity index (χ1v) is 6.70. The van der Waals surface area contributed by atoms with Crippen LogP contribution in [0.3, 0.4) is 0 Å². The number of amides is 1. The molecule has 0 spiro atoms. The van der Waals surface area contributed by atoms with Gasteiger partial charge in [0.2, 0.25) is 0 Å². The second-order valence-electron chi connectivity index (χ2n) is 5.06. The van der Waals surface area contributed by atoms with Gasteiger partial charge in [0, 0.05) is 11.6 Å². The molecule has 1 amide bonds. The number of ketones is 1. The van der Waals surface area contributed by atoms with Crippen LogP contribution in [0.4, 0.5) is 5.69 Å². The van der Waals surface area contributed by atoms with E-state index in [2.05, 4.69) is 0 Å².